The van der Waals surface area contributed by atoms with E-state index in [0.29, 0.717) is 24.5 Å². The molecule has 2 aromatic carbocycles. The molecule has 0 amide bonds. The van der Waals surface area contributed by atoms with Crippen molar-refractivity contribution < 1.29 is 19.1 Å². The van der Waals surface area contributed by atoms with Gasteiger partial charge in [-0.2, -0.15) is 0 Å². The summed E-state index contributed by atoms with van der Waals surface area (Å²) in [5.41, 5.74) is 0.535. The lowest BCUT2D eigenvalue weighted by Crippen LogP contribution is -2.46. The van der Waals surface area contributed by atoms with Crippen LogP contribution in [0.5, 0.6) is 0 Å². The Morgan fingerprint density at radius 1 is 1.00 bits per heavy atom. The van der Waals surface area contributed by atoms with Crippen LogP contribution in [0.15, 0.2) is 54.6 Å². The highest BCUT2D eigenvalue weighted by Gasteiger charge is 2.60. The van der Waals surface area contributed by atoms with Gasteiger partial charge in [0.05, 0.1) is 19.3 Å². The number of likely N-dealkylation sites (tertiary alicyclic amines) is 1. The van der Waals surface area contributed by atoms with E-state index < -0.39 is 23.4 Å². The van der Waals surface area contributed by atoms with Crippen LogP contribution in [0.1, 0.15) is 37.4 Å². The van der Waals surface area contributed by atoms with Crippen molar-refractivity contribution in [1.29, 1.82) is 0 Å². The Bertz CT molecular complexity index is 820. The molecular formula is C23H26ClNO4. The summed E-state index contributed by atoms with van der Waals surface area (Å²) in [6, 6.07) is 16.8. The highest BCUT2D eigenvalue weighted by atomic mass is 35.5. The van der Waals surface area contributed by atoms with Crippen molar-refractivity contribution in [2.24, 2.45) is 5.41 Å². The third kappa shape index (κ3) is 4.31. The molecule has 5 nitrogen and oxygen atoms in total. The van der Waals surface area contributed by atoms with E-state index in [4.69, 9.17) is 21.1 Å². The van der Waals surface area contributed by atoms with Gasteiger partial charge in [-0.3, -0.25) is 14.5 Å². The molecule has 2 aromatic rings. The number of esters is 2. The summed E-state index contributed by atoms with van der Waals surface area (Å²) < 4.78 is 10.8. The summed E-state index contributed by atoms with van der Waals surface area (Å²) in [7, 11) is 0. The SMILES string of the molecule is CCOC(=O)C1(C(=O)OCC)CCN(Cc2ccccc2)C1c1ccc(Cl)cc1. The summed E-state index contributed by atoms with van der Waals surface area (Å²) in [6.07, 6.45) is 0.338. The van der Waals surface area contributed by atoms with Crippen LogP contribution < -0.4 is 0 Å². The van der Waals surface area contributed by atoms with Crippen LogP contribution in [0.2, 0.25) is 5.02 Å². The number of nitrogens with zero attached hydrogens (tertiary/aromatic N) is 1. The van der Waals surface area contributed by atoms with Gasteiger partial charge in [-0.15, -0.1) is 0 Å². The topological polar surface area (TPSA) is 55.8 Å². The molecule has 0 saturated carbocycles. The fraction of sp³-hybridized carbons (Fsp3) is 0.391. The zero-order chi connectivity index (χ0) is 20.9. The predicted molar refractivity (Wildman–Crippen MR) is 111 cm³/mol. The number of benzene rings is 2. The van der Waals surface area contributed by atoms with Crippen LogP contribution in [0.3, 0.4) is 0 Å². The number of hydrogen-bond acceptors (Lipinski definition) is 5. The quantitative estimate of drug-likeness (QED) is 0.495. The van der Waals surface area contributed by atoms with Crippen LogP contribution >= 0.6 is 11.6 Å². The first kappa shape index (κ1) is 21.3. The maximum absolute atomic E-state index is 13.2. The first-order chi connectivity index (χ1) is 14.0. The second kappa shape index (κ2) is 9.42. The van der Waals surface area contributed by atoms with Crippen LogP contribution in [0.25, 0.3) is 0 Å². The third-order valence-corrected chi connectivity index (χ3v) is 5.57. The van der Waals surface area contributed by atoms with Crippen LogP contribution in [-0.4, -0.2) is 36.6 Å². The van der Waals surface area contributed by atoms with Gasteiger partial charge < -0.3 is 9.47 Å². The molecule has 0 aromatic heterocycles. The average molecular weight is 416 g/mol. The molecule has 1 fully saturated rings. The maximum Gasteiger partial charge on any atom is 0.325 e. The standard InChI is InChI=1S/C23H26ClNO4/c1-3-28-21(26)23(22(27)29-4-2)14-15-25(16-17-8-6-5-7-9-17)20(23)18-10-12-19(24)13-11-18/h5-13,20H,3-4,14-16H2,1-2H3. The average Bonchev–Trinajstić information content (AvgIpc) is 3.10. The van der Waals surface area contributed by atoms with Gasteiger partial charge in [-0.05, 0) is 43.5 Å². The largest absolute Gasteiger partial charge is 0.465 e. The fourth-order valence-electron chi connectivity index (χ4n) is 4.06. The van der Waals surface area contributed by atoms with Gasteiger partial charge in [0.1, 0.15) is 0 Å². The molecule has 1 aliphatic rings. The highest BCUT2D eigenvalue weighted by molar-refractivity contribution is 6.30. The second-order valence-corrected chi connectivity index (χ2v) is 7.51. The molecule has 1 saturated heterocycles. The fourth-order valence-corrected chi connectivity index (χ4v) is 4.18. The molecule has 0 bridgehead atoms. The molecule has 6 heteroatoms. The van der Waals surface area contributed by atoms with Crippen molar-refractivity contribution in [3.63, 3.8) is 0 Å². The summed E-state index contributed by atoms with van der Waals surface area (Å²) in [5.74, 6) is -1.07. The maximum atomic E-state index is 13.2. The summed E-state index contributed by atoms with van der Waals surface area (Å²) in [4.78, 5) is 28.5. The molecule has 0 aliphatic carbocycles. The van der Waals surface area contributed by atoms with Gasteiger partial charge >= 0.3 is 11.9 Å². The number of halogens is 1. The van der Waals surface area contributed by atoms with Gasteiger partial charge in [0.2, 0.25) is 0 Å². The molecule has 0 spiro atoms. The number of hydrogen-bond donors (Lipinski definition) is 0. The number of carbonyl (C=O) groups excluding carboxylic acids is 2. The van der Waals surface area contributed by atoms with E-state index in [1.165, 1.54) is 0 Å². The van der Waals surface area contributed by atoms with E-state index in [1.807, 2.05) is 42.5 Å². The number of ether oxygens (including phenoxy) is 2. The van der Waals surface area contributed by atoms with Crippen molar-refractivity contribution in [3.05, 3.63) is 70.7 Å². The molecule has 1 aliphatic heterocycles. The molecule has 3 rings (SSSR count). The monoisotopic (exact) mass is 415 g/mol. The Morgan fingerprint density at radius 2 is 1.59 bits per heavy atom. The predicted octanol–water partition coefficient (Wildman–Crippen LogP) is 4.40. The first-order valence-electron chi connectivity index (χ1n) is 9.90. The van der Waals surface area contributed by atoms with E-state index in [9.17, 15) is 9.59 Å². The molecule has 1 unspecified atom stereocenters. The Hall–Kier alpha value is -2.37. The van der Waals surface area contributed by atoms with Crippen LogP contribution in [0, 0.1) is 5.41 Å². The Morgan fingerprint density at radius 3 is 2.14 bits per heavy atom. The Labute approximate surface area is 176 Å². The minimum atomic E-state index is -1.41. The van der Waals surface area contributed by atoms with Crippen LogP contribution in [0.4, 0.5) is 0 Å². The smallest absolute Gasteiger partial charge is 0.325 e. The zero-order valence-electron chi connectivity index (χ0n) is 16.8. The molecule has 29 heavy (non-hydrogen) atoms. The minimum absolute atomic E-state index is 0.200. The Balaban J connectivity index is 2.08. The van der Waals surface area contributed by atoms with E-state index in [0.717, 1.165) is 11.1 Å². The molecule has 154 valence electrons. The zero-order valence-corrected chi connectivity index (χ0v) is 17.5. The van der Waals surface area contributed by atoms with Crippen molar-refractivity contribution in [2.75, 3.05) is 19.8 Å². The van der Waals surface area contributed by atoms with E-state index in [2.05, 4.69) is 4.90 Å². The normalized spacial score (nSPS) is 18.4. The summed E-state index contributed by atoms with van der Waals surface area (Å²) in [5, 5.41) is 0.597. The summed E-state index contributed by atoms with van der Waals surface area (Å²) in [6.45, 7) is 5.06. The van der Waals surface area contributed by atoms with Crippen molar-refractivity contribution in [1.82, 2.24) is 4.90 Å². The lowest BCUT2D eigenvalue weighted by molar-refractivity contribution is -0.174. The molecule has 0 radical (unpaired) electrons. The molecule has 1 atom stereocenters. The van der Waals surface area contributed by atoms with Gasteiger partial charge in [-0.25, -0.2) is 0 Å². The van der Waals surface area contributed by atoms with E-state index >= 15 is 0 Å². The molecular weight excluding hydrogens is 390 g/mol. The second-order valence-electron chi connectivity index (χ2n) is 7.07. The van der Waals surface area contributed by atoms with Crippen molar-refractivity contribution in [2.45, 2.75) is 32.9 Å². The van der Waals surface area contributed by atoms with E-state index in [-0.39, 0.29) is 13.2 Å². The molecule has 1 heterocycles. The molecule has 0 N–H and O–H groups in total. The highest BCUT2D eigenvalue weighted by Crippen LogP contribution is 2.50. The first-order valence-corrected chi connectivity index (χ1v) is 10.3. The lowest BCUT2D eigenvalue weighted by atomic mass is 9.76. The van der Waals surface area contributed by atoms with Gasteiger partial charge in [-0.1, -0.05) is 54.1 Å². The van der Waals surface area contributed by atoms with Crippen molar-refractivity contribution in [3.8, 4) is 0 Å². The summed E-state index contributed by atoms with van der Waals surface area (Å²) >= 11 is 6.08. The van der Waals surface area contributed by atoms with Crippen LogP contribution in [-0.2, 0) is 25.6 Å². The lowest BCUT2D eigenvalue weighted by Gasteiger charge is -2.35. The number of carbonyl (C=O) groups is 2. The number of rotatable bonds is 7. The van der Waals surface area contributed by atoms with Crippen molar-refractivity contribution >= 4 is 23.5 Å². The van der Waals surface area contributed by atoms with E-state index in [1.54, 1.807) is 26.0 Å². The minimum Gasteiger partial charge on any atom is -0.465 e. The Kier molecular flexibility index (Phi) is 6.93. The van der Waals surface area contributed by atoms with Gasteiger partial charge in [0.25, 0.3) is 0 Å². The van der Waals surface area contributed by atoms with Gasteiger partial charge in [0.15, 0.2) is 5.41 Å². The van der Waals surface area contributed by atoms with Gasteiger partial charge in [0, 0.05) is 18.1 Å². The third-order valence-electron chi connectivity index (χ3n) is 5.32.